The predicted molar refractivity (Wildman–Crippen MR) is 63.7 cm³/mol. The number of imidazole rings is 1. The van der Waals surface area contributed by atoms with Crippen molar-refractivity contribution in [3.05, 3.63) is 53.9 Å². The normalized spacial score (nSPS) is 10.5. The molecule has 1 aromatic carbocycles. The molecular formula is C13H13FN2O2. The molecule has 0 radical (unpaired) electrons. The van der Waals surface area contributed by atoms with Crippen LogP contribution in [-0.2, 0) is 24.2 Å². The molecule has 94 valence electrons. The fourth-order valence-electron chi connectivity index (χ4n) is 1.73. The molecule has 2 rings (SSSR count). The Morgan fingerprint density at radius 1 is 1.39 bits per heavy atom. The van der Waals surface area contributed by atoms with E-state index in [1.54, 1.807) is 35.3 Å². The third kappa shape index (κ3) is 3.16. The van der Waals surface area contributed by atoms with Crippen LogP contribution in [0.25, 0.3) is 0 Å². The maximum absolute atomic E-state index is 13.4. The molecule has 1 heterocycles. The van der Waals surface area contributed by atoms with Gasteiger partial charge in [0.2, 0.25) is 0 Å². The van der Waals surface area contributed by atoms with Crippen molar-refractivity contribution in [2.45, 2.75) is 19.4 Å². The molecular weight excluding hydrogens is 235 g/mol. The Morgan fingerprint density at radius 2 is 2.17 bits per heavy atom. The van der Waals surface area contributed by atoms with Gasteiger partial charge in [-0.25, -0.2) is 9.37 Å². The van der Waals surface area contributed by atoms with Crippen LogP contribution in [0.4, 0.5) is 4.39 Å². The predicted octanol–water partition coefficient (Wildman–Crippen LogP) is 1.89. The lowest BCUT2D eigenvalue weighted by molar-refractivity contribution is -0.136. The van der Waals surface area contributed by atoms with Gasteiger partial charge in [-0.05, 0) is 18.1 Å². The molecule has 0 bridgehead atoms. The van der Waals surface area contributed by atoms with Gasteiger partial charge >= 0.3 is 5.97 Å². The van der Waals surface area contributed by atoms with Crippen molar-refractivity contribution in [1.82, 2.24) is 9.55 Å². The van der Waals surface area contributed by atoms with E-state index in [-0.39, 0.29) is 12.2 Å². The molecule has 18 heavy (non-hydrogen) atoms. The Balaban J connectivity index is 1.96. The smallest absolute Gasteiger partial charge is 0.309 e. The molecule has 0 aliphatic heterocycles. The van der Waals surface area contributed by atoms with Crippen LogP contribution >= 0.6 is 0 Å². The first-order valence-corrected chi connectivity index (χ1v) is 5.61. The fourth-order valence-corrected chi connectivity index (χ4v) is 1.73. The maximum Gasteiger partial charge on any atom is 0.309 e. The summed E-state index contributed by atoms with van der Waals surface area (Å²) in [5, 5.41) is 8.62. The Labute approximate surface area is 104 Å². The molecule has 1 aromatic heterocycles. The molecule has 0 saturated carbocycles. The lowest BCUT2D eigenvalue weighted by Crippen LogP contribution is -2.02. The van der Waals surface area contributed by atoms with Crippen LogP contribution in [0, 0.1) is 5.82 Å². The summed E-state index contributed by atoms with van der Waals surface area (Å²) < 4.78 is 15.1. The lowest BCUT2D eigenvalue weighted by Gasteiger charge is -2.03. The topological polar surface area (TPSA) is 55.1 Å². The highest BCUT2D eigenvalue weighted by atomic mass is 19.1. The summed E-state index contributed by atoms with van der Waals surface area (Å²) in [4.78, 5) is 14.5. The van der Waals surface area contributed by atoms with E-state index in [9.17, 15) is 9.18 Å². The van der Waals surface area contributed by atoms with Crippen LogP contribution in [-0.4, -0.2) is 20.6 Å². The average Bonchev–Trinajstić information content (AvgIpc) is 2.75. The van der Waals surface area contributed by atoms with Gasteiger partial charge in [0.15, 0.2) is 0 Å². The molecule has 2 aromatic rings. The van der Waals surface area contributed by atoms with Crippen molar-refractivity contribution in [2.24, 2.45) is 0 Å². The number of carboxylic acid groups (broad SMARTS) is 1. The summed E-state index contributed by atoms with van der Waals surface area (Å²) in [6, 6.07) is 6.62. The van der Waals surface area contributed by atoms with Crippen molar-refractivity contribution >= 4 is 5.97 Å². The number of carboxylic acids is 1. The first-order chi connectivity index (χ1) is 8.65. The number of hydrogen-bond acceptors (Lipinski definition) is 2. The van der Waals surface area contributed by atoms with E-state index < -0.39 is 5.97 Å². The van der Waals surface area contributed by atoms with Gasteiger partial charge in [0, 0.05) is 12.7 Å². The number of benzene rings is 1. The lowest BCUT2D eigenvalue weighted by atomic mass is 10.1. The summed E-state index contributed by atoms with van der Waals surface area (Å²) in [5.74, 6) is -1.13. The molecule has 0 fully saturated rings. The van der Waals surface area contributed by atoms with Crippen molar-refractivity contribution in [1.29, 1.82) is 0 Å². The fraction of sp³-hybridized carbons (Fsp3) is 0.231. The summed E-state index contributed by atoms with van der Waals surface area (Å²) >= 11 is 0. The molecule has 0 spiro atoms. The second-order valence-corrected chi connectivity index (χ2v) is 4.01. The van der Waals surface area contributed by atoms with E-state index in [1.165, 1.54) is 6.07 Å². The minimum Gasteiger partial charge on any atom is -0.481 e. The zero-order valence-corrected chi connectivity index (χ0v) is 9.71. The molecule has 0 atom stereocenters. The highest BCUT2D eigenvalue weighted by molar-refractivity contribution is 5.69. The molecule has 0 unspecified atom stereocenters. The zero-order valence-electron chi connectivity index (χ0n) is 9.71. The number of rotatable bonds is 5. The van der Waals surface area contributed by atoms with Crippen LogP contribution in [0.3, 0.4) is 0 Å². The van der Waals surface area contributed by atoms with E-state index >= 15 is 0 Å². The van der Waals surface area contributed by atoms with Crippen LogP contribution in [0.5, 0.6) is 0 Å². The van der Waals surface area contributed by atoms with E-state index in [0.717, 1.165) is 0 Å². The second kappa shape index (κ2) is 5.44. The molecule has 5 heteroatoms. The first kappa shape index (κ1) is 12.3. The number of aryl methyl sites for hydroxylation is 2. The molecule has 0 aliphatic carbocycles. The second-order valence-electron chi connectivity index (χ2n) is 4.01. The number of aliphatic carboxylic acids is 1. The van der Waals surface area contributed by atoms with Crippen LogP contribution in [0.2, 0.25) is 0 Å². The molecule has 0 aliphatic rings. The number of aromatic nitrogens is 2. The highest BCUT2D eigenvalue weighted by Crippen LogP contribution is 2.08. The Morgan fingerprint density at radius 3 is 2.89 bits per heavy atom. The van der Waals surface area contributed by atoms with Gasteiger partial charge in [-0.2, -0.15) is 0 Å². The van der Waals surface area contributed by atoms with Crippen molar-refractivity contribution in [3.63, 3.8) is 0 Å². The quantitative estimate of drug-likeness (QED) is 0.879. The third-order valence-electron chi connectivity index (χ3n) is 2.62. The van der Waals surface area contributed by atoms with Gasteiger partial charge in [-0.15, -0.1) is 0 Å². The Bertz CT molecular complexity index is 551. The summed E-state index contributed by atoms with van der Waals surface area (Å²) in [6.07, 6.45) is 3.70. The summed E-state index contributed by atoms with van der Waals surface area (Å²) in [6.45, 7) is 0.577. The molecule has 0 amide bonds. The van der Waals surface area contributed by atoms with Crippen LogP contribution < -0.4 is 0 Å². The van der Waals surface area contributed by atoms with Gasteiger partial charge in [-0.1, -0.05) is 18.2 Å². The van der Waals surface area contributed by atoms with Gasteiger partial charge in [0.05, 0.1) is 18.4 Å². The standard InChI is InChI=1S/C13H13FN2O2/c14-12-4-2-1-3-10(12)5-6-16-8-11(15-9-16)7-13(17)18/h1-4,8-9H,5-7H2,(H,17,18). The van der Waals surface area contributed by atoms with Crippen molar-refractivity contribution in [3.8, 4) is 0 Å². The van der Waals surface area contributed by atoms with Crippen molar-refractivity contribution < 1.29 is 14.3 Å². The van der Waals surface area contributed by atoms with Gasteiger partial charge in [-0.3, -0.25) is 4.79 Å². The van der Waals surface area contributed by atoms with Gasteiger partial charge in [0.25, 0.3) is 0 Å². The van der Waals surface area contributed by atoms with E-state index in [0.29, 0.717) is 24.2 Å². The number of hydrogen-bond donors (Lipinski definition) is 1. The van der Waals surface area contributed by atoms with Crippen LogP contribution in [0.1, 0.15) is 11.3 Å². The van der Waals surface area contributed by atoms with Gasteiger partial charge in [0.1, 0.15) is 5.82 Å². The molecule has 1 N–H and O–H groups in total. The average molecular weight is 248 g/mol. The number of nitrogens with zero attached hydrogens (tertiary/aromatic N) is 2. The zero-order chi connectivity index (χ0) is 13.0. The minimum atomic E-state index is -0.908. The molecule has 4 nitrogen and oxygen atoms in total. The monoisotopic (exact) mass is 248 g/mol. The third-order valence-corrected chi connectivity index (χ3v) is 2.62. The maximum atomic E-state index is 13.4. The SMILES string of the molecule is O=C(O)Cc1cn(CCc2ccccc2F)cn1. The van der Waals surface area contributed by atoms with Crippen molar-refractivity contribution in [2.75, 3.05) is 0 Å². The van der Waals surface area contributed by atoms with E-state index in [1.807, 2.05) is 0 Å². The highest BCUT2D eigenvalue weighted by Gasteiger charge is 2.05. The summed E-state index contributed by atoms with van der Waals surface area (Å²) in [7, 11) is 0. The van der Waals surface area contributed by atoms with E-state index in [2.05, 4.69) is 4.98 Å². The number of carbonyl (C=O) groups is 1. The summed E-state index contributed by atoms with van der Waals surface area (Å²) in [5.41, 5.74) is 1.15. The minimum absolute atomic E-state index is 0.0906. The molecule has 0 saturated heterocycles. The van der Waals surface area contributed by atoms with E-state index in [4.69, 9.17) is 5.11 Å². The Kier molecular flexibility index (Phi) is 3.72. The number of halogens is 1. The largest absolute Gasteiger partial charge is 0.481 e. The first-order valence-electron chi connectivity index (χ1n) is 5.61. The van der Waals surface area contributed by atoms with Gasteiger partial charge < -0.3 is 9.67 Å². The Hall–Kier alpha value is -2.17. The van der Waals surface area contributed by atoms with Crippen LogP contribution in [0.15, 0.2) is 36.8 Å².